The summed E-state index contributed by atoms with van der Waals surface area (Å²) in [5.41, 5.74) is 1.55. The summed E-state index contributed by atoms with van der Waals surface area (Å²) in [6.45, 7) is 15.1. The zero-order valence-corrected chi connectivity index (χ0v) is 10.8. The minimum atomic E-state index is 0.741. The van der Waals surface area contributed by atoms with E-state index >= 15 is 0 Å². The lowest BCUT2D eigenvalue weighted by Crippen LogP contribution is -1.97. The smallest absolute Gasteiger partial charge is 0.0885 e. The van der Waals surface area contributed by atoms with E-state index in [4.69, 9.17) is 0 Å². The molecule has 1 heterocycles. The largest absolute Gasteiger partial charge is 0.255 e. The van der Waals surface area contributed by atoms with E-state index in [0.29, 0.717) is 0 Å². The predicted molar refractivity (Wildman–Crippen MR) is 73.9 cm³/mol. The molecule has 0 aliphatic rings. The molecule has 0 fully saturated rings. The molecule has 0 spiro atoms. The molecule has 0 atom stereocenters. The van der Waals surface area contributed by atoms with E-state index in [1.165, 1.54) is 6.20 Å². The number of pyridine rings is 1. The Hall–Kier alpha value is -1.70. The first-order valence-electron chi connectivity index (χ1n) is 5.61. The Morgan fingerprint density at radius 3 is 2.19 bits per heavy atom. The SMILES string of the molecule is C=CN=C(C=C)c1ccccn1.CC.CC. The third kappa shape index (κ3) is 6.71. The zero-order chi connectivity index (χ0) is 12.8. The first kappa shape index (κ1) is 16.7. The van der Waals surface area contributed by atoms with Crippen LogP contribution in [-0.4, -0.2) is 10.7 Å². The number of nitrogens with zero attached hydrogens (tertiary/aromatic N) is 2. The van der Waals surface area contributed by atoms with Crippen LogP contribution >= 0.6 is 0 Å². The van der Waals surface area contributed by atoms with Gasteiger partial charge in [0.1, 0.15) is 0 Å². The molecule has 0 aliphatic heterocycles. The zero-order valence-electron chi connectivity index (χ0n) is 10.8. The van der Waals surface area contributed by atoms with Crippen LogP contribution in [-0.2, 0) is 0 Å². The molecule has 0 amide bonds. The first-order valence-corrected chi connectivity index (χ1v) is 5.61. The highest BCUT2D eigenvalue weighted by Gasteiger charge is 1.96. The monoisotopic (exact) mass is 218 g/mol. The lowest BCUT2D eigenvalue weighted by molar-refractivity contribution is 1.29. The highest BCUT2D eigenvalue weighted by atomic mass is 14.8. The van der Waals surface area contributed by atoms with Gasteiger partial charge in [-0.3, -0.25) is 9.98 Å². The van der Waals surface area contributed by atoms with Crippen molar-refractivity contribution in [3.63, 3.8) is 0 Å². The van der Waals surface area contributed by atoms with Gasteiger partial charge in [-0.2, -0.15) is 0 Å². The van der Waals surface area contributed by atoms with Crippen molar-refractivity contribution >= 4 is 5.71 Å². The second-order valence-corrected chi connectivity index (χ2v) is 2.12. The maximum absolute atomic E-state index is 4.12. The predicted octanol–water partition coefficient (Wildman–Crippen LogP) is 4.25. The van der Waals surface area contributed by atoms with Crippen LogP contribution in [0.4, 0.5) is 0 Å². The molecule has 0 saturated heterocycles. The van der Waals surface area contributed by atoms with Gasteiger partial charge in [0.15, 0.2) is 0 Å². The summed E-state index contributed by atoms with van der Waals surface area (Å²) in [6, 6.07) is 5.65. The first-order chi connectivity index (χ1) is 7.88. The van der Waals surface area contributed by atoms with Gasteiger partial charge >= 0.3 is 0 Å². The summed E-state index contributed by atoms with van der Waals surface area (Å²) < 4.78 is 0. The minimum absolute atomic E-state index is 0.741. The van der Waals surface area contributed by atoms with E-state index in [9.17, 15) is 0 Å². The summed E-state index contributed by atoms with van der Waals surface area (Å²) in [6.07, 6.45) is 4.85. The van der Waals surface area contributed by atoms with E-state index in [2.05, 4.69) is 23.1 Å². The van der Waals surface area contributed by atoms with Crippen molar-refractivity contribution in [2.75, 3.05) is 0 Å². The Bertz CT molecular complexity index is 300. The van der Waals surface area contributed by atoms with Crippen molar-refractivity contribution in [3.05, 3.63) is 55.5 Å². The van der Waals surface area contributed by atoms with Gasteiger partial charge in [-0.15, -0.1) is 0 Å². The molecule has 0 bridgehead atoms. The third-order valence-corrected chi connectivity index (χ3v) is 1.35. The Kier molecular flexibility index (Phi) is 13.9. The van der Waals surface area contributed by atoms with E-state index < -0.39 is 0 Å². The molecule has 1 aromatic heterocycles. The quantitative estimate of drug-likeness (QED) is 0.696. The highest BCUT2D eigenvalue weighted by molar-refractivity contribution is 6.07. The fourth-order valence-corrected chi connectivity index (χ4v) is 0.836. The Morgan fingerprint density at radius 1 is 1.19 bits per heavy atom. The Balaban J connectivity index is 0. The average molecular weight is 218 g/mol. The van der Waals surface area contributed by atoms with Gasteiger partial charge in [0.25, 0.3) is 0 Å². The molecule has 0 aliphatic carbocycles. The van der Waals surface area contributed by atoms with Crippen LogP contribution in [0.1, 0.15) is 33.4 Å². The van der Waals surface area contributed by atoms with Gasteiger partial charge in [0.2, 0.25) is 0 Å². The van der Waals surface area contributed by atoms with Gasteiger partial charge in [-0.25, -0.2) is 0 Å². The topological polar surface area (TPSA) is 25.2 Å². The highest BCUT2D eigenvalue weighted by Crippen LogP contribution is 1.97. The summed E-state index contributed by atoms with van der Waals surface area (Å²) in [7, 11) is 0. The lowest BCUT2D eigenvalue weighted by Gasteiger charge is -1.96. The number of hydrogen-bond donors (Lipinski definition) is 0. The van der Waals surface area contributed by atoms with Crippen molar-refractivity contribution in [3.8, 4) is 0 Å². The van der Waals surface area contributed by atoms with Crippen LogP contribution in [0.3, 0.4) is 0 Å². The van der Waals surface area contributed by atoms with Crippen molar-refractivity contribution in [1.82, 2.24) is 4.98 Å². The van der Waals surface area contributed by atoms with Gasteiger partial charge in [0.05, 0.1) is 11.4 Å². The molecule has 0 N–H and O–H groups in total. The van der Waals surface area contributed by atoms with Crippen LogP contribution in [0.2, 0.25) is 0 Å². The average Bonchev–Trinajstić information content (AvgIpc) is 2.41. The molecule has 1 aromatic rings. The molecule has 1 rings (SSSR count). The van der Waals surface area contributed by atoms with E-state index in [0.717, 1.165) is 11.4 Å². The number of allylic oxidation sites excluding steroid dienone is 1. The second-order valence-electron chi connectivity index (χ2n) is 2.12. The van der Waals surface area contributed by atoms with Crippen LogP contribution in [0.25, 0.3) is 0 Å². The summed E-state index contributed by atoms with van der Waals surface area (Å²) in [5, 5.41) is 0. The fourth-order valence-electron chi connectivity index (χ4n) is 0.836. The number of aliphatic imine (C=N–C) groups is 1. The molecule has 88 valence electrons. The molecule has 0 saturated carbocycles. The van der Waals surface area contributed by atoms with Gasteiger partial charge in [-0.05, 0) is 18.2 Å². The van der Waals surface area contributed by atoms with E-state index in [-0.39, 0.29) is 0 Å². The van der Waals surface area contributed by atoms with Crippen LogP contribution in [0.5, 0.6) is 0 Å². The number of hydrogen-bond acceptors (Lipinski definition) is 2. The van der Waals surface area contributed by atoms with Gasteiger partial charge < -0.3 is 0 Å². The third-order valence-electron chi connectivity index (χ3n) is 1.35. The summed E-state index contributed by atoms with van der Waals surface area (Å²) in [4.78, 5) is 8.13. The summed E-state index contributed by atoms with van der Waals surface area (Å²) >= 11 is 0. The van der Waals surface area contributed by atoms with E-state index in [1.54, 1.807) is 12.3 Å². The van der Waals surface area contributed by atoms with Gasteiger partial charge in [0, 0.05) is 12.4 Å². The minimum Gasteiger partial charge on any atom is -0.255 e. The molecular formula is C14H22N2. The summed E-state index contributed by atoms with van der Waals surface area (Å²) in [5.74, 6) is 0. The number of rotatable bonds is 3. The Morgan fingerprint density at radius 2 is 1.81 bits per heavy atom. The molecule has 2 heteroatoms. The van der Waals surface area contributed by atoms with Crippen molar-refractivity contribution < 1.29 is 0 Å². The molecule has 16 heavy (non-hydrogen) atoms. The Labute approximate surface area is 99.5 Å². The van der Waals surface area contributed by atoms with Crippen LogP contribution < -0.4 is 0 Å². The normalized spacial score (nSPS) is 8.88. The lowest BCUT2D eigenvalue weighted by atomic mass is 10.2. The molecule has 0 radical (unpaired) electrons. The standard InChI is InChI=1S/C10H10N2.2C2H6/c1-3-9(11-4-2)10-7-5-6-8-12-10;2*1-2/h3-8H,1-2H2;2*1-2H3. The van der Waals surface area contributed by atoms with Crippen molar-refractivity contribution in [1.29, 1.82) is 0 Å². The number of aromatic nitrogens is 1. The van der Waals surface area contributed by atoms with Gasteiger partial charge in [-0.1, -0.05) is 46.9 Å². The second kappa shape index (κ2) is 13.3. The molecular weight excluding hydrogens is 196 g/mol. The molecule has 0 unspecified atom stereocenters. The fraction of sp³-hybridized carbons (Fsp3) is 0.286. The van der Waals surface area contributed by atoms with Crippen LogP contribution in [0.15, 0.2) is 54.8 Å². The molecule has 0 aromatic carbocycles. The maximum Gasteiger partial charge on any atom is 0.0885 e. The van der Waals surface area contributed by atoms with E-state index in [1.807, 2.05) is 45.9 Å². The molecule has 2 nitrogen and oxygen atoms in total. The maximum atomic E-state index is 4.12. The van der Waals surface area contributed by atoms with Crippen molar-refractivity contribution in [2.45, 2.75) is 27.7 Å². The van der Waals surface area contributed by atoms with Crippen LogP contribution in [0, 0.1) is 0 Å². The van der Waals surface area contributed by atoms with Crippen molar-refractivity contribution in [2.24, 2.45) is 4.99 Å².